The van der Waals surface area contributed by atoms with E-state index in [1.165, 1.54) is 12.1 Å². The van der Waals surface area contributed by atoms with E-state index in [4.69, 9.17) is 10.5 Å². The molecule has 0 aliphatic rings. The molecule has 0 aliphatic carbocycles. The molecular formula is C17H18FNO. The van der Waals surface area contributed by atoms with Gasteiger partial charge in [0.2, 0.25) is 0 Å². The van der Waals surface area contributed by atoms with Gasteiger partial charge in [0.25, 0.3) is 0 Å². The first-order chi connectivity index (χ1) is 9.74. The molecule has 104 valence electrons. The summed E-state index contributed by atoms with van der Waals surface area (Å²) in [6, 6.07) is 14.2. The Morgan fingerprint density at radius 3 is 2.50 bits per heavy atom. The van der Waals surface area contributed by atoms with E-state index in [9.17, 15) is 4.39 Å². The fourth-order valence-corrected chi connectivity index (χ4v) is 2.10. The maximum Gasteiger partial charge on any atom is 0.123 e. The number of hydrogen-bond acceptors (Lipinski definition) is 2. The molecule has 3 heteroatoms. The zero-order valence-electron chi connectivity index (χ0n) is 11.5. The van der Waals surface area contributed by atoms with Crippen molar-refractivity contribution in [3.8, 4) is 5.75 Å². The van der Waals surface area contributed by atoms with E-state index in [2.05, 4.69) is 0 Å². The third-order valence-electron chi connectivity index (χ3n) is 2.91. The maximum absolute atomic E-state index is 13.4. The lowest BCUT2D eigenvalue weighted by Gasteiger charge is -2.11. The van der Waals surface area contributed by atoms with Crippen LogP contribution in [0, 0.1) is 5.82 Å². The van der Waals surface area contributed by atoms with Crippen LogP contribution < -0.4 is 10.5 Å². The zero-order chi connectivity index (χ0) is 14.4. The van der Waals surface area contributed by atoms with Crippen LogP contribution in [0.4, 0.5) is 4.39 Å². The van der Waals surface area contributed by atoms with Crippen molar-refractivity contribution in [3.05, 3.63) is 71.6 Å². The third-order valence-corrected chi connectivity index (χ3v) is 2.91. The van der Waals surface area contributed by atoms with Crippen molar-refractivity contribution in [2.24, 2.45) is 5.73 Å². The summed E-state index contributed by atoms with van der Waals surface area (Å²) < 4.78 is 18.9. The lowest BCUT2D eigenvalue weighted by atomic mass is 9.97. The van der Waals surface area contributed by atoms with Crippen LogP contribution in [0.5, 0.6) is 5.75 Å². The van der Waals surface area contributed by atoms with Crippen molar-refractivity contribution in [2.75, 3.05) is 13.2 Å². The van der Waals surface area contributed by atoms with Crippen molar-refractivity contribution in [2.45, 2.75) is 6.92 Å². The molecule has 0 radical (unpaired) electrons. The minimum Gasteiger partial charge on any atom is -0.494 e. The Hall–Kier alpha value is -2.13. The number of ether oxygens (including phenoxy) is 1. The maximum atomic E-state index is 13.4. The summed E-state index contributed by atoms with van der Waals surface area (Å²) in [4.78, 5) is 0. The minimum absolute atomic E-state index is 0.258. The summed E-state index contributed by atoms with van der Waals surface area (Å²) in [5.74, 6) is 0.538. The molecule has 2 rings (SSSR count). The molecule has 0 atom stereocenters. The number of rotatable bonds is 5. The molecule has 0 saturated carbocycles. The topological polar surface area (TPSA) is 35.2 Å². The molecule has 0 saturated heterocycles. The normalized spacial score (nSPS) is 11.4. The van der Waals surface area contributed by atoms with Gasteiger partial charge in [0.05, 0.1) is 6.61 Å². The van der Waals surface area contributed by atoms with Crippen molar-refractivity contribution in [1.82, 2.24) is 0 Å². The smallest absolute Gasteiger partial charge is 0.123 e. The number of halogens is 1. The van der Waals surface area contributed by atoms with Crippen molar-refractivity contribution in [1.29, 1.82) is 0 Å². The first kappa shape index (κ1) is 14.3. The highest BCUT2D eigenvalue weighted by molar-refractivity contribution is 5.80. The van der Waals surface area contributed by atoms with E-state index in [0.29, 0.717) is 13.2 Å². The van der Waals surface area contributed by atoms with E-state index in [1.807, 2.05) is 43.3 Å². The van der Waals surface area contributed by atoms with Gasteiger partial charge < -0.3 is 10.5 Å². The molecule has 2 aromatic carbocycles. The molecule has 2 nitrogen and oxygen atoms in total. The Balaban J connectivity index is 2.44. The second kappa shape index (κ2) is 6.87. The Morgan fingerprint density at radius 1 is 1.15 bits per heavy atom. The van der Waals surface area contributed by atoms with E-state index in [-0.39, 0.29) is 5.82 Å². The van der Waals surface area contributed by atoms with Gasteiger partial charge in [-0.2, -0.15) is 0 Å². The molecule has 2 aromatic rings. The van der Waals surface area contributed by atoms with Crippen molar-refractivity contribution in [3.63, 3.8) is 0 Å². The molecule has 0 aliphatic heterocycles. The van der Waals surface area contributed by atoms with Crippen molar-refractivity contribution < 1.29 is 9.13 Å². The highest BCUT2D eigenvalue weighted by Crippen LogP contribution is 2.26. The zero-order valence-corrected chi connectivity index (χ0v) is 11.5. The summed E-state index contributed by atoms with van der Waals surface area (Å²) in [6.45, 7) is 2.94. The van der Waals surface area contributed by atoms with Crippen LogP contribution in [-0.2, 0) is 0 Å². The molecule has 0 spiro atoms. The van der Waals surface area contributed by atoms with E-state index >= 15 is 0 Å². The van der Waals surface area contributed by atoms with Gasteiger partial charge in [-0.3, -0.25) is 0 Å². The van der Waals surface area contributed by atoms with Gasteiger partial charge in [0, 0.05) is 6.54 Å². The van der Waals surface area contributed by atoms with Crippen LogP contribution in [0.15, 0.2) is 54.6 Å². The molecule has 0 unspecified atom stereocenters. The fourth-order valence-electron chi connectivity index (χ4n) is 2.10. The van der Waals surface area contributed by atoms with Gasteiger partial charge in [0.1, 0.15) is 11.6 Å². The summed E-state index contributed by atoms with van der Waals surface area (Å²) in [7, 11) is 0. The molecule has 0 aromatic heterocycles. The van der Waals surface area contributed by atoms with Crippen LogP contribution >= 0.6 is 0 Å². The van der Waals surface area contributed by atoms with Crippen LogP contribution in [0.3, 0.4) is 0 Å². The average Bonchev–Trinajstić information content (AvgIpc) is 2.45. The standard InChI is InChI=1S/C17H18FNO/c1-2-20-16-8-4-6-14(12-16)17(9-10-19)13-5-3-7-15(18)11-13/h3-9,11-12H,2,10,19H2,1H3. The minimum atomic E-state index is -0.258. The average molecular weight is 271 g/mol. The van der Waals surface area contributed by atoms with E-state index in [1.54, 1.807) is 6.07 Å². The van der Waals surface area contributed by atoms with Gasteiger partial charge in [0.15, 0.2) is 0 Å². The molecule has 0 bridgehead atoms. The lowest BCUT2D eigenvalue weighted by molar-refractivity contribution is 0.340. The monoisotopic (exact) mass is 271 g/mol. The number of nitrogens with two attached hydrogens (primary N) is 1. The Labute approximate surface area is 118 Å². The predicted octanol–water partition coefficient (Wildman–Crippen LogP) is 3.61. The summed E-state index contributed by atoms with van der Waals surface area (Å²) >= 11 is 0. The van der Waals surface area contributed by atoms with Gasteiger partial charge in [-0.25, -0.2) is 4.39 Å². The van der Waals surface area contributed by atoms with E-state index in [0.717, 1.165) is 22.4 Å². The van der Waals surface area contributed by atoms with Gasteiger partial charge in [-0.15, -0.1) is 0 Å². The molecule has 2 N–H and O–H groups in total. The van der Waals surface area contributed by atoms with Crippen LogP contribution in [0.2, 0.25) is 0 Å². The number of hydrogen-bond donors (Lipinski definition) is 1. The highest BCUT2D eigenvalue weighted by Gasteiger charge is 2.07. The second-order valence-corrected chi connectivity index (χ2v) is 4.32. The second-order valence-electron chi connectivity index (χ2n) is 4.32. The molecule has 0 fully saturated rings. The van der Waals surface area contributed by atoms with Gasteiger partial charge in [-0.05, 0) is 47.9 Å². The summed E-state index contributed by atoms with van der Waals surface area (Å²) in [5.41, 5.74) is 8.32. The van der Waals surface area contributed by atoms with E-state index < -0.39 is 0 Å². The summed E-state index contributed by atoms with van der Waals surface area (Å²) in [6.07, 6.45) is 1.89. The van der Waals surface area contributed by atoms with Crippen LogP contribution in [-0.4, -0.2) is 13.2 Å². The molecule has 20 heavy (non-hydrogen) atoms. The fraction of sp³-hybridized carbons (Fsp3) is 0.176. The van der Waals surface area contributed by atoms with Gasteiger partial charge >= 0.3 is 0 Å². The molecular weight excluding hydrogens is 253 g/mol. The van der Waals surface area contributed by atoms with Crippen LogP contribution in [0.25, 0.3) is 5.57 Å². The molecule has 0 amide bonds. The molecule has 0 heterocycles. The van der Waals surface area contributed by atoms with Gasteiger partial charge in [-0.1, -0.05) is 30.3 Å². The SMILES string of the molecule is CCOc1cccc(C(=CCN)c2cccc(F)c2)c1. The Morgan fingerprint density at radius 2 is 1.85 bits per heavy atom. The Bertz CT molecular complexity index is 607. The predicted molar refractivity (Wildman–Crippen MR) is 80.1 cm³/mol. The largest absolute Gasteiger partial charge is 0.494 e. The van der Waals surface area contributed by atoms with Crippen LogP contribution in [0.1, 0.15) is 18.1 Å². The third kappa shape index (κ3) is 3.45. The number of benzene rings is 2. The summed E-state index contributed by atoms with van der Waals surface area (Å²) in [5, 5.41) is 0. The first-order valence-corrected chi connectivity index (χ1v) is 6.64. The Kier molecular flexibility index (Phi) is 4.91. The first-order valence-electron chi connectivity index (χ1n) is 6.64. The highest BCUT2D eigenvalue weighted by atomic mass is 19.1. The lowest BCUT2D eigenvalue weighted by Crippen LogP contribution is -1.98. The quantitative estimate of drug-likeness (QED) is 0.901. The van der Waals surface area contributed by atoms with Crippen molar-refractivity contribution >= 4 is 5.57 Å².